The highest BCUT2D eigenvalue weighted by Gasteiger charge is 2.47. The molecule has 98 valence electrons. The first-order chi connectivity index (χ1) is 8.72. The average molecular weight is 249 g/mol. The van der Waals surface area contributed by atoms with Crippen molar-refractivity contribution in [2.45, 2.75) is 56.9 Å². The Kier molecular flexibility index (Phi) is 2.84. The lowest BCUT2D eigenvalue weighted by Gasteiger charge is -2.39. The molecule has 3 rings (SSSR count). The summed E-state index contributed by atoms with van der Waals surface area (Å²) in [5.74, 6) is 0.795. The number of carbonyl (C=O) groups is 1. The minimum absolute atomic E-state index is 0.666. The number of aliphatic carboxylic acids is 1. The second-order valence-corrected chi connectivity index (χ2v) is 5.66. The zero-order chi connectivity index (χ0) is 12.6. The molecule has 1 heterocycles. The summed E-state index contributed by atoms with van der Waals surface area (Å²) in [5, 5.41) is 17.6. The van der Waals surface area contributed by atoms with Crippen molar-refractivity contribution in [3.05, 3.63) is 12.2 Å². The van der Waals surface area contributed by atoms with Crippen LogP contribution in [0.4, 0.5) is 0 Å². The molecule has 2 fully saturated rings. The van der Waals surface area contributed by atoms with Gasteiger partial charge in [-0.2, -0.15) is 0 Å². The van der Waals surface area contributed by atoms with Crippen LogP contribution in [0.15, 0.2) is 6.33 Å². The fraction of sp³-hybridized carbons (Fsp3) is 0.769. The van der Waals surface area contributed by atoms with Crippen LogP contribution in [0.5, 0.6) is 0 Å². The molecule has 18 heavy (non-hydrogen) atoms. The minimum atomic E-state index is -0.753. The molecule has 1 N–H and O–H groups in total. The zero-order valence-electron chi connectivity index (χ0n) is 10.5. The smallest absolute Gasteiger partial charge is 0.329 e. The summed E-state index contributed by atoms with van der Waals surface area (Å²) in [6, 6.07) is 0. The van der Waals surface area contributed by atoms with Crippen molar-refractivity contribution in [2.24, 2.45) is 5.92 Å². The van der Waals surface area contributed by atoms with Crippen molar-refractivity contribution in [3.8, 4) is 0 Å². The summed E-state index contributed by atoms with van der Waals surface area (Å²) < 4.78 is 1.83. The predicted octanol–water partition coefficient (Wildman–Crippen LogP) is 1.97. The topological polar surface area (TPSA) is 68.0 Å². The fourth-order valence-corrected chi connectivity index (χ4v) is 3.30. The van der Waals surface area contributed by atoms with E-state index in [1.807, 2.05) is 4.57 Å². The number of nitrogens with zero attached hydrogens (tertiary/aromatic N) is 3. The number of aromatic nitrogens is 3. The Morgan fingerprint density at radius 2 is 2.11 bits per heavy atom. The summed E-state index contributed by atoms with van der Waals surface area (Å²) >= 11 is 0. The Bertz CT molecular complexity index is 445. The van der Waals surface area contributed by atoms with Gasteiger partial charge in [0, 0.05) is 6.42 Å². The maximum Gasteiger partial charge on any atom is 0.329 e. The summed E-state index contributed by atoms with van der Waals surface area (Å²) in [4.78, 5) is 11.5. The van der Waals surface area contributed by atoms with Crippen molar-refractivity contribution in [3.63, 3.8) is 0 Å². The summed E-state index contributed by atoms with van der Waals surface area (Å²) in [6.07, 6.45) is 9.96. The van der Waals surface area contributed by atoms with Crippen LogP contribution in [0.1, 0.15) is 50.8 Å². The van der Waals surface area contributed by atoms with Gasteiger partial charge in [0.15, 0.2) is 0 Å². The second-order valence-electron chi connectivity index (χ2n) is 5.66. The highest BCUT2D eigenvalue weighted by Crippen LogP contribution is 2.40. The Balaban J connectivity index is 1.84. The van der Waals surface area contributed by atoms with Crippen molar-refractivity contribution in [2.75, 3.05) is 0 Å². The highest BCUT2D eigenvalue weighted by atomic mass is 16.4. The number of carboxylic acids is 1. The molecule has 2 saturated carbocycles. The standard InChI is InChI=1S/C13H19N3O2/c17-12(18)13(6-3-7-13)16-9-14-15-11(16)8-10-4-1-2-5-10/h9-10H,1-8H2,(H,17,18). The molecule has 2 aliphatic rings. The maximum atomic E-state index is 11.5. The van der Waals surface area contributed by atoms with Crippen LogP contribution in [0.2, 0.25) is 0 Å². The van der Waals surface area contributed by atoms with E-state index < -0.39 is 11.5 Å². The van der Waals surface area contributed by atoms with Gasteiger partial charge in [0.2, 0.25) is 0 Å². The van der Waals surface area contributed by atoms with Crippen molar-refractivity contribution in [1.29, 1.82) is 0 Å². The van der Waals surface area contributed by atoms with Crippen molar-refractivity contribution >= 4 is 5.97 Å². The van der Waals surface area contributed by atoms with E-state index in [-0.39, 0.29) is 0 Å². The third-order valence-electron chi connectivity index (χ3n) is 4.60. The third kappa shape index (κ3) is 1.72. The minimum Gasteiger partial charge on any atom is -0.479 e. The van der Waals surface area contributed by atoms with Crippen LogP contribution in [0.3, 0.4) is 0 Å². The van der Waals surface area contributed by atoms with Gasteiger partial charge in [-0.05, 0) is 25.2 Å². The first-order valence-electron chi connectivity index (χ1n) is 6.85. The molecule has 5 heteroatoms. The highest BCUT2D eigenvalue weighted by molar-refractivity contribution is 5.78. The largest absolute Gasteiger partial charge is 0.479 e. The molecule has 5 nitrogen and oxygen atoms in total. The molecule has 0 radical (unpaired) electrons. The van der Waals surface area contributed by atoms with Gasteiger partial charge in [-0.3, -0.25) is 0 Å². The lowest BCUT2D eigenvalue weighted by Crippen LogP contribution is -2.48. The average Bonchev–Trinajstić information content (AvgIpc) is 2.89. The summed E-state index contributed by atoms with van der Waals surface area (Å²) in [5.41, 5.74) is -0.753. The molecule has 0 unspecified atom stereocenters. The first-order valence-corrected chi connectivity index (χ1v) is 6.85. The van der Waals surface area contributed by atoms with Crippen LogP contribution in [-0.2, 0) is 16.8 Å². The quantitative estimate of drug-likeness (QED) is 0.885. The van der Waals surface area contributed by atoms with Gasteiger partial charge in [0.05, 0.1) is 0 Å². The molecule has 0 atom stereocenters. The lowest BCUT2D eigenvalue weighted by atomic mass is 9.76. The Morgan fingerprint density at radius 1 is 1.39 bits per heavy atom. The molecule has 0 spiro atoms. The number of carboxylic acid groups (broad SMARTS) is 1. The lowest BCUT2D eigenvalue weighted by molar-refractivity contribution is -0.152. The molecular weight excluding hydrogens is 230 g/mol. The Labute approximate surface area is 106 Å². The molecule has 0 saturated heterocycles. The van der Waals surface area contributed by atoms with Crippen LogP contribution in [0, 0.1) is 5.92 Å². The van der Waals surface area contributed by atoms with E-state index in [4.69, 9.17) is 0 Å². The van der Waals surface area contributed by atoms with Crippen LogP contribution >= 0.6 is 0 Å². The van der Waals surface area contributed by atoms with E-state index in [0.29, 0.717) is 18.8 Å². The van der Waals surface area contributed by atoms with E-state index >= 15 is 0 Å². The number of rotatable bonds is 4. The zero-order valence-corrected chi connectivity index (χ0v) is 10.5. The normalized spacial score (nSPS) is 22.9. The van der Waals surface area contributed by atoms with E-state index in [0.717, 1.165) is 18.7 Å². The van der Waals surface area contributed by atoms with E-state index in [1.165, 1.54) is 25.7 Å². The molecule has 0 amide bonds. The number of hydrogen-bond donors (Lipinski definition) is 1. The van der Waals surface area contributed by atoms with Gasteiger partial charge in [-0.15, -0.1) is 10.2 Å². The van der Waals surface area contributed by atoms with Gasteiger partial charge in [0.1, 0.15) is 17.7 Å². The molecule has 0 aliphatic heterocycles. The first kappa shape index (κ1) is 11.7. The van der Waals surface area contributed by atoms with Crippen LogP contribution in [0.25, 0.3) is 0 Å². The van der Waals surface area contributed by atoms with Crippen molar-refractivity contribution < 1.29 is 9.90 Å². The molecule has 1 aromatic heterocycles. The van der Waals surface area contributed by atoms with Gasteiger partial charge in [-0.1, -0.05) is 25.7 Å². The maximum absolute atomic E-state index is 11.5. The van der Waals surface area contributed by atoms with Crippen LogP contribution in [-0.4, -0.2) is 25.8 Å². The second kappa shape index (κ2) is 4.37. The fourth-order valence-electron chi connectivity index (χ4n) is 3.30. The molecule has 2 aliphatic carbocycles. The van der Waals surface area contributed by atoms with Gasteiger partial charge >= 0.3 is 5.97 Å². The third-order valence-corrected chi connectivity index (χ3v) is 4.60. The summed E-state index contributed by atoms with van der Waals surface area (Å²) in [6.45, 7) is 0. The van der Waals surface area contributed by atoms with Gasteiger partial charge in [-0.25, -0.2) is 4.79 Å². The molecule has 0 bridgehead atoms. The van der Waals surface area contributed by atoms with Crippen LogP contribution < -0.4 is 0 Å². The van der Waals surface area contributed by atoms with Gasteiger partial charge < -0.3 is 9.67 Å². The molecule has 1 aromatic rings. The van der Waals surface area contributed by atoms with E-state index in [1.54, 1.807) is 6.33 Å². The van der Waals surface area contributed by atoms with Gasteiger partial charge in [0.25, 0.3) is 0 Å². The Hall–Kier alpha value is -1.39. The van der Waals surface area contributed by atoms with Crippen molar-refractivity contribution in [1.82, 2.24) is 14.8 Å². The SMILES string of the molecule is O=C(O)C1(n2cnnc2CC2CCCC2)CCC1. The predicted molar refractivity (Wildman–Crippen MR) is 65.1 cm³/mol. The molecular formula is C13H19N3O2. The van der Waals surface area contributed by atoms with E-state index in [2.05, 4.69) is 10.2 Å². The Morgan fingerprint density at radius 3 is 2.67 bits per heavy atom. The molecule has 0 aromatic carbocycles. The summed E-state index contributed by atoms with van der Waals surface area (Å²) in [7, 11) is 0. The van der Waals surface area contributed by atoms with E-state index in [9.17, 15) is 9.90 Å². The number of hydrogen-bond acceptors (Lipinski definition) is 3. The monoisotopic (exact) mass is 249 g/mol.